The van der Waals surface area contributed by atoms with Crippen LogP contribution in [0.5, 0.6) is 11.6 Å². The van der Waals surface area contributed by atoms with Gasteiger partial charge in [-0.2, -0.15) is 0 Å². The van der Waals surface area contributed by atoms with Crippen LogP contribution in [0, 0.1) is 0 Å². The number of hydrogen-bond acceptors (Lipinski definition) is 5. The Kier molecular flexibility index (Phi) is 3.84. The molecular formula is C16H16N4O2. The Morgan fingerprint density at radius 3 is 2.95 bits per heavy atom. The molecule has 112 valence electrons. The lowest BCUT2D eigenvalue weighted by molar-refractivity contribution is -0.117. The first-order valence-corrected chi connectivity index (χ1v) is 6.93. The van der Waals surface area contributed by atoms with Gasteiger partial charge in [-0.25, -0.2) is 9.97 Å². The van der Waals surface area contributed by atoms with Gasteiger partial charge in [-0.05, 0) is 25.1 Å². The van der Waals surface area contributed by atoms with E-state index in [1.165, 1.54) is 6.33 Å². The van der Waals surface area contributed by atoms with Crippen molar-refractivity contribution in [2.24, 2.45) is 5.73 Å². The SMILES string of the molecule is CC(=O)Cn1ccc2c(Oc3cc(CN)ncn3)cccc21. The number of ketones is 1. The third-order valence-electron chi connectivity index (χ3n) is 3.29. The first kappa shape index (κ1) is 14.2. The molecule has 0 saturated carbocycles. The van der Waals surface area contributed by atoms with Crippen LogP contribution in [-0.4, -0.2) is 20.3 Å². The number of nitrogens with zero attached hydrogens (tertiary/aromatic N) is 3. The maximum atomic E-state index is 11.3. The lowest BCUT2D eigenvalue weighted by Gasteiger charge is -2.08. The summed E-state index contributed by atoms with van der Waals surface area (Å²) in [6, 6.07) is 9.35. The minimum Gasteiger partial charge on any atom is -0.438 e. The van der Waals surface area contributed by atoms with E-state index in [9.17, 15) is 4.79 Å². The van der Waals surface area contributed by atoms with Gasteiger partial charge in [0, 0.05) is 24.2 Å². The van der Waals surface area contributed by atoms with Crippen LogP contribution in [0.2, 0.25) is 0 Å². The van der Waals surface area contributed by atoms with Gasteiger partial charge in [0.1, 0.15) is 17.9 Å². The molecule has 0 amide bonds. The van der Waals surface area contributed by atoms with Gasteiger partial charge in [0.15, 0.2) is 0 Å². The molecule has 0 atom stereocenters. The second-order valence-electron chi connectivity index (χ2n) is 4.99. The highest BCUT2D eigenvalue weighted by Crippen LogP contribution is 2.29. The molecule has 3 aromatic rings. The largest absolute Gasteiger partial charge is 0.438 e. The summed E-state index contributed by atoms with van der Waals surface area (Å²) >= 11 is 0. The second kappa shape index (κ2) is 5.95. The average molecular weight is 296 g/mol. The molecule has 3 rings (SSSR count). The molecule has 0 unspecified atom stereocenters. The zero-order valence-corrected chi connectivity index (χ0v) is 12.2. The quantitative estimate of drug-likeness (QED) is 0.781. The number of fused-ring (bicyclic) bond motifs is 1. The molecule has 0 aliphatic rings. The predicted octanol–water partition coefficient (Wildman–Crippen LogP) is 2.27. The average Bonchev–Trinajstić information content (AvgIpc) is 2.91. The Bertz CT molecular complexity index is 826. The Balaban J connectivity index is 1.97. The minimum absolute atomic E-state index is 0.104. The van der Waals surface area contributed by atoms with Crippen LogP contribution >= 0.6 is 0 Å². The molecule has 22 heavy (non-hydrogen) atoms. The Labute approximate surface area is 127 Å². The first-order chi connectivity index (χ1) is 10.7. The number of hydrogen-bond donors (Lipinski definition) is 1. The van der Waals surface area contributed by atoms with Gasteiger partial charge in [0.05, 0.1) is 17.8 Å². The Morgan fingerprint density at radius 1 is 1.32 bits per heavy atom. The highest BCUT2D eigenvalue weighted by molar-refractivity contribution is 5.88. The lowest BCUT2D eigenvalue weighted by atomic mass is 10.2. The molecule has 0 spiro atoms. The summed E-state index contributed by atoms with van der Waals surface area (Å²) < 4.78 is 7.75. The number of aromatic nitrogens is 3. The van der Waals surface area contributed by atoms with E-state index < -0.39 is 0 Å². The van der Waals surface area contributed by atoms with Gasteiger partial charge in [-0.15, -0.1) is 0 Å². The molecule has 0 radical (unpaired) electrons. The van der Waals surface area contributed by atoms with E-state index in [1.54, 1.807) is 13.0 Å². The highest BCUT2D eigenvalue weighted by Gasteiger charge is 2.09. The summed E-state index contributed by atoms with van der Waals surface area (Å²) in [6.07, 6.45) is 3.31. The number of benzene rings is 1. The number of carbonyl (C=O) groups excluding carboxylic acids is 1. The molecule has 0 saturated heterocycles. The van der Waals surface area contributed by atoms with Gasteiger partial charge < -0.3 is 15.0 Å². The van der Waals surface area contributed by atoms with Gasteiger partial charge in [-0.1, -0.05) is 6.07 Å². The highest BCUT2D eigenvalue weighted by atomic mass is 16.5. The maximum absolute atomic E-state index is 11.3. The summed E-state index contributed by atoms with van der Waals surface area (Å²) in [5, 5.41) is 0.927. The van der Waals surface area contributed by atoms with Crippen molar-refractivity contribution in [2.75, 3.05) is 0 Å². The standard InChI is InChI=1S/C16H16N4O2/c1-11(21)9-20-6-5-13-14(20)3-2-4-15(13)22-16-7-12(8-17)18-10-19-16/h2-7,10H,8-9,17H2,1H3. The van der Waals surface area contributed by atoms with Crippen molar-refractivity contribution in [1.82, 2.24) is 14.5 Å². The van der Waals surface area contributed by atoms with Crippen molar-refractivity contribution in [2.45, 2.75) is 20.0 Å². The topological polar surface area (TPSA) is 83.0 Å². The van der Waals surface area contributed by atoms with Crippen molar-refractivity contribution in [3.05, 3.63) is 48.5 Å². The second-order valence-corrected chi connectivity index (χ2v) is 4.99. The number of Topliss-reactive ketones (excluding diaryl/α,β-unsaturated/α-hetero) is 1. The summed E-state index contributed by atoms with van der Waals surface area (Å²) in [4.78, 5) is 19.5. The number of ether oxygens (including phenoxy) is 1. The van der Waals surface area contributed by atoms with E-state index in [1.807, 2.05) is 35.0 Å². The van der Waals surface area contributed by atoms with Crippen LogP contribution in [0.25, 0.3) is 10.9 Å². The molecule has 6 nitrogen and oxygen atoms in total. The minimum atomic E-state index is 0.104. The molecule has 2 N–H and O–H groups in total. The summed E-state index contributed by atoms with van der Waals surface area (Å²) in [6.45, 7) is 2.25. The van der Waals surface area contributed by atoms with E-state index in [0.29, 0.717) is 30.4 Å². The molecule has 0 aliphatic heterocycles. The van der Waals surface area contributed by atoms with Crippen LogP contribution in [0.3, 0.4) is 0 Å². The van der Waals surface area contributed by atoms with E-state index in [2.05, 4.69) is 9.97 Å². The third kappa shape index (κ3) is 2.82. The van der Waals surface area contributed by atoms with Crippen molar-refractivity contribution in [1.29, 1.82) is 0 Å². The van der Waals surface area contributed by atoms with Crippen LogP contribution in [-0.2, 0) is 17.9 Å². The summed E-state index contributed by atoms with van der Waals surface area (Å²) in [5.74, 6) is 1.23. The fourth-order valence-electron chi connectivity index (χ4n) is 2.32. The predicted molar refractivity (Wildman–Crippen MR) is 82.6 cm³/mol. The van der Waals surface area contributed by atoms with Gasteiger partial charge in [0.2, 0.25) is 5.88 Å². The normalized spacial score (nSPS) is 10.8. The molecule has 2 heterocycles. The van der Waals surface area contributed by atoms with Crippen LogP contribution in [0.4, 0.5) is 0 Å². The van der Waals surface area contributed by atoms with E-state index >= 15 is 0 Å². The van der Waals surface area contributed by atoms with E-state index in [0.717, 1.165) is 10.9 Å². The molecular weight excluding hydrogens is 280 g/mol. The van der Waals surface area contributed by atoms with Crippen molar-refractivity contribution in [3.63, 3.8) is 0 Å². The third-order valence-corrected chi connectivity index (χ3v) is 3.29. The number of carbonyl (C=O) groups is 1. The lowest BCUT2D eigenvalue weighted by Crippen LogP contribution is -2.04. The molecule has 0 bridgehead atoms. The molecule has 1 aromatic carbocycles. The summed E-state index contributed by atoms with van der Waals surface area (Å²) in [5.41, 5.74) is 7.23. The molecule has 0 fully saturated rings. The van der Waals surface area contributed by atoms with Gasteiger partial charge in [0.25, 0.3) is 0 Å². The van der Waals surface area contributed by atoms with Crippen molar-refractivity contribution < 1.29 is 9.53 Å². The molecule has 6 heteroatoms. The number of rotatable bonds is 5. The van der Waals surface area contributed by atoms with E-state index in [4.69, 9.17) is 10.5 Å². The van der Waals surface area contributed by atoms with Crippen molar-refractivity contribution in [3.8, 4) is 11.6 Å². The number of nitrogens with two attached hydrogens (primary N) is 1. The van der Waals surface area contributed by atoms with Crippen molar-refractivity contribution >= 4 is 16.7 Å². The summed E-state index contributed by atoms with van der Waals surface area (Å²) in [7, 11) is 0. The fraction of sp³-hybridized carbons (Fsp3) is 0.188. The van der Waals surface area contributed by atoms with E-state index in [-0.39, 0.29) is 5.78 Å². The zero-order valence-electron chi connectivity index (χ0n) is 12.2. The smallest absolute Gasteiger partial charge is 0.222 e. The first-order valence-electron chi connectivity index (χ1n) is 6.93. The van der Waals surface area contributed by atoms with Crippen LogP contribution in [0.1, 0.15) is 12.6 Å². The van der Waals surface area contributed by atoms with Gasteiger partial charge in [-0.3, -0.25) is 4.79 Å². The Hall–Kier alpha value is -2.73. The molecule has 2 aromatic heterocycles. The zero-order chi connectivity index (χ0) is 15.5. The Morgan fingerprint density at radius 2 is 2.18 bits per heavy atom. The molecule has 0 aliphatic carbocycles. The van der Waals surface area contributed by atoms with Gasteiger partial charge >= 0.3 is 0 Å². The van der Waals surface area contributed by atoms with Crippen LogP contribution in [0.15, 0.2) is 42.9 Å². The fourth-order valence-corrected chi connectivity index (χ4v) is 2.32. The maximum Gasteiger partial charge on any atom is 0.222 e. The van der Waals surface area contributed by atoms with Crippen LogP contribution < -0.4 is 10.5 Å². The monoisotopic (exact) mass is 296 g/mol.